The van der Waals surface area contributed by atoms with Crippen LogP contribution in [0.3, 0.4) is 0 Å². The number of hydrogen-bond donors (Lipinski definition) is 2. The Bertz CT molecular complexity index is 393. The number of carbonyl (C=O) groups is 1. The first-order chi connectivity index (χ1) is 8.15. The summed E-state index contributed by atoms with van der Waals surface area (Å²) in [7, 11) is 0. The molecule has 1 atom stereocenters. The van der Waals surface area contributed by atoms with Crippen molar-refractivity contribution in [2.24, 2.45) is 5.73 Å². The number of primary amides is 1. The molecule has 0 bridgehead atoms. The molecule has 0 fully saturated rings. The van der Waals surface area contributed by atoms with Gasteiger partial charge in [0, 0.05) is 12.7 Å². The molecule has 0 saturated heterocycles. The molecule has 0 aliphatic rings. The Kier molecular flexibility index (Phi) is 5.16. The molecule has 5 heteroatoms. The third-order valence-electron chi connectivity index (χ3n) is 2.13. The van der Waals surface area contributed by atoms with Crippen LogP contribution in [-0.2, 0) is 4.74 Å². The second-order valence-electron chi connectivity index (χ2n) is 3.58. The van der Waals surface area contributed by atoms with E-state index in [1.54, 1.807) is 24.4 Å². The van der Waals surface area contributed by atoms with Gasteiger partial charge < -0.3 is 15.8 Å². The van der Waals surface area contributed by atoms with Gasteiger partial charge in [-0.05, 0) is 19.1 Å². The summed E-state index contributed by atoms with van der Waals surface area (Å²) >= 11 is 0. The van der Waals surface area contributed by atoms with E-state index in [9.17, 15) is 4.79 Å². The molecule has 1 aromatic heterocycles. The molecule has 92 valence electrons. The van der Waals surface area contributed by atoms with E-state index in [-0.39, 0.29) is 6.10 Å². The number of rotatable bonds is 7. The van der Waals surface area contributed by atoms with Crippen molar-refractivity contribution in [3.05, 3.63) is 36.5 Å². The molecule has 5 nitrogen and oxygen atoms in total. The molecule has 3 N–H and O–H groups in total. The van der Waals surface area contributed by atoms with Crippen molar-refractivity contribution in [2.75, 3.05) is 18.5 Å². The molecular formula is C12H17N3O2. The van der Waals surface area contributed by atoms with Gasteiger partial charge in [0.1, 0.15) is 5.82 Å². The number of nitrogens with one attached hydrogen (secondary N) is 1. The van der Waals surface area contributed by atoms with Crippen LogP contribution in [-0.4, -0.2) is 30.1 Å². The van der Waals surface area contributed by atoms with E-state index in [4.69, 9.17) is 10.5 Å². The third-order valence-corrected chi connectivity index (χ3v) is 2.13. The summed E-state index contributed by atoms with van der Waals surface area (Å²) in [5.41, 5.74) is 5.62. The number of anilines is 1. The maximum atomic E-state index is 11.1. The number of carbonyl (C=O) groups excluding carboxylic acids is 1. The molecule has 1 rings (SSSR count). The lowest BCUT2D eigenvalue weighted by atomic mass is 10.2. The third kappa shape index (κ3) is 4.24. The van der Waals surface area contributed by atoms with E-state index in [2.05, 4.69) is 16.9 Å². The van der Waals surface area contributed by atoms with Crippen LogP contribution in [0.4, 0.5) is 5.82 Å². The summed E-state index contributed by atoms with van der Waals surface area (Å²) < 4.78 is 5.39. The van der Waals surface area contributed by atoms with Gasteiger partial charge >= 0.3 is 0 Å². The standard InChI is InChI=1S/C12H17N3O2/c1-3-7-17-9(2)8-15-12-10(11(13)16)5-4-6-14-12/h3-6,9H,1,7-8H2,2H3,(H2,13,16)(H,14,15). The topological polar surface area (TPSA) is 77.2 Å². The molecule has 1 heterocycles. The molecule has 1 unspecified atom stereocenters. The highest BCUT2D eigenvalue weighted by molar-refractivity contribution is 5.97. The first kappa shape index (κ1) is 13.2. The maximum Gasteiger partial charge on any atom is 0.252 e. The van der Waals surface area contributed by atoms with Crippen LogP contribution in [0.5, 0.6) is 0 Å². The van der Waals surface area contributed by atoms with Crippen molar-refractivity contribution in [1.82, 2.24) is 4.98 Å². The van der Waals surface area contributed by atoms with Crippen LogP contribution in [0.1, 0.15) is 17.3 Å². The summed E-state index contributed by atoms with van der Waals surface area (Å²) in [5, 5.41) is 3.03. The Morgan fingerprint density at radius 1 is 1.76 bits per heavy atom. The highest BCUT2D eigenvalue weighted by Gasteiger charge is 2.09. The largest absolute Gasteiger partial charge is 0.373 e. The zero-order valence-corrected chi connectivity index (χ0v) is 9.85. The lowest BCUT2D eigenvalue weighted by molar-refractivity contribution is 0.0973. The average Bonchev–Trinajstić information content (AvgIpc) is 2.34. The number of nitrogens with two attached hydrogens (primary N) is 1. The second kappa shape index (κ2) is 6.65. The Morgan fingerprint density at radius 2 is 2.53 bits per heavy atom. The van der Waals surface area contributed by atoms with Gasteiger partial charge in [-0.25, -0.2) is 4.98 Å². The van der Waals surface area contributed by atoms with E-state index in [0.717, 1.165) is 0 Å². The minimum absolute atomic E-state index is 0.00395. The molecule has 0 aliphatic heterocycles. The van der Waals surface area contributed by atoms with Crippen LogP contribution in [0, 0.1) is 0 Å². The molecule has 17 heavy (non-hydrogen) atoms. The van der Waals surface area contributed by atoms with Crippen LogP contribution in [0.2, 0.25) is 0 Å². The number of amides is 1. The Morgan fingerprint density at radius 3 is 3.18 bits per heavy atom. The monoisotopic (exact) mass is 235 g/mol. The summed E-state index contributed by atoms with van der Waals surface area (Å²) in [6.45, 7) is 6.53. The highest BCUT2D eigenvalue weighted by atomic mass is 16.5. The normalized spacial score (nSPS) is 11.8. The van der Waals surface area contributed by atoms with Crippen molar-refractivity contribution >= 4 is 11.7 Å². The van der Waals surface area contributed by atoms with Crippen LogP contribution in [0.25, 0.3) is 0 Å². The minimum atomic E-state index is -0.500. The van der Waals surface area contributed by atoms with Crippen LogP contribution >= 0.6 is 0 Å². The summed E-state index contributed by atoms with van der Waals surface area (Å²) in [6.07, 6.45) is 3.28. The van der Waals surface area contributed by atoms with Gasteiger partial charge in [0.25, 0.3) is 5.91 Å². The summed E-state index contributed by atoms with van der Waals surface area (Å²) in [4.78, 5) is 15.2. The van der Waals surface area contributed by atoms with Gasteiger partial charge in [0.2, 0.25) is 0 Å². The first-order valence-corrected chi connectivity index (χ1v) is 5.36. The van der Waals surface area contributed by atoms with Crippen molar-refractivity contribution in [2.45, 2.75) is 13.0 Å². The average molecular weight is 235 g/mol. The van der Waals surface area contributed by atoms with E-state index in [1.165, 1.54) is 0 Å². The minimum Gasteiger partial charge on any atom is -0.373 e. The molecule has 0 aromatic carbocycles. The van der Waals surface area contributed by atoms with Crippen molar-refractivity contribution < 1.29 is 9.53 Å². The smallest absolute Gasteiger partial charge is 0.252 e. The Hall–Kier alpha value is -1.88. The van der Waals surface area contributed by atoms with Gasteiger partial charge in [0.15, 0.2) is 0 Å². The maximum absolute atomic E-state index is 11.1. The number of ether oxygens (including phenoxy) is 1. The van der Waals surface area contributed by atoms with Gasteiger partial charge in [-0.2, -0.15) is 0 Å². The number of aromatic nitrogens is 1. The molecular weight excluding hydrogens is 218 g/mol. The predicted octanol–water partition coefficient (Wildman–Crippen LogP) is 1.18. The van der Waals surface area contributed by atoms with Crippen molar-refractivity contribution in [3.63, 3.8) is 0 Å². The number of nitrogens with zero attached hydrogens (tertiary/aromatic N) is 1. The first-order valence-electron chi connectivity index (χ1n) is 5.36. The zero-order chi connectivity index (χ0) is 12.7. The molecule has 0 saturated carbocycles. The molecule has 0 radical (unpaired) electrons. The summed E-state index contributed by atoms with van der Waals surface area (Å²) in [5.74, 6) is -0.0192. The van der Waals surface area contributed by atoms with Gasteiger partial charge in [-0.3, -0.25) is 4.79 Å². The molecule has 1 aromatic rings. The second-order valence-corrected chi connectivity index (χ2v) is 3.58. The van der Waals surface area contributed by atoms with Gasteiger partial charge in [-0.1, -0.05) is 6.08 Å². The van der Waals surface area contributed by atoms with E-state index < -0.39 is 5.91 Å². The fourth-order valence-electron chi connectivity index (χ4n) is 1.28. The molecule has 0 spiro atoms. The van der Waals surface area contributed by atoms with Gasteiger partial charge in [-0.15, -0.1) is 6.58 Å². The van der Waals surface area contributed by atoms with Crippen molar-refractivity contribution in [1.29, 1.82) is 0 Å². The van der Waals surface area contributed by atoms with E-state index in [0.29, 0.717) is 24.5 Å². The SMILES string of the molecule is C=CCOC(C)CNc1ncccc1C(N)=O. The van der Waals surface area contributed by atoms with Crippen LogP contribution in [0.15, 0.2) is 31.0 Å². The molecule has 0 aliphatic carbocycles. The highest BCUT2D eigenvalue weighted by Crippen LogP contribution is 2.10. The lowest BCUT2D eigenvalue weighted by Crippen LogP contribution is -2.22. The fraction of sp³-hybridized carbons (Fsp3) is 0.333. The molecule has 1 amide bonds. The quantitative estimate of drug-likeness (QED) is 0.696. The Balaban J connectivity index is 2.56. The van der Waals surface area contributed by atoms with Crippen LogP contribution < -0.4 is 11.1 Å². The summed E-state index contributed by atoms with van der Waals surface area (Å²) in [6, 6.07) is 3.30. The van der Waals surface area contributed by atoms with Crippen molar-refractivity contribution in [3.8, 4) is 0 Å². The predicted molar refractivity (Wildman–Crippen MR) is 66.9 cm³/mol. The van der Waals surface area contributed by atoms with E-state index >= 15 is 0 Å². The number of pyridine rings is 1. The zero-order valence-electron chi connectivity index (χ0n) is 9.85. The van der Waals surface area contributed by atoms with Gasteiger partial charge in [0.05, 0.1) is 18.3 Å². The van der Waals surface area contributed by atoms with E-state index in [1.807, 2.05) is 6.92 Å². The number of hydrogen-bond acceptors (Lipinski definition) is 4. The lowest BCUT2D eigenvalue weighted by Gasteiger charge is -2.14. The fourth-order valence-corrected chi connectivity index (χ4v) is 1.28. The Labute approximate surface area is 101 Å².